The number of methoxy groups -OCH3 is 1. The third kappa shape index (κ3) is 7.85. The highest BCUT2D eigenvalue weighted by molar-refractivity contribution is 7.80. The minimum atomic E-state index is -0.308. The van der Waals surface area contributed by atoms with Gasteiger partial charge in [-0.1, -0.05) is 35.9 Å². The first-order valence-corrected chi connectivity index (χ1v) is 14.8. The minimum absolute atomic E-state index is 0.188. The van der Waals surface area contributed by atoms with E-state index in [2.05, 4.69) is 30.4 Å². The molecule has 12 heteroatoms. The molecule has 44 heavy (non-hydrogen) atoms. The van der Waals surface area contributed by atoms with Gasteiger partial charge in [-0.25, -0.2) is 18.7 Å². The average Bonchev–Trinajstić information content (AvgIpc) is 2.99. The van der Waals surface area contributed by atoms with Crippen LogP contribution >= 0.6 is 23.8 Å². The third-order valence-electron chi connectivity index (χ3n) is 7.17. The van der Waals surface area contributed by atoms with Crippen molar-refractivity contribution in [2.24, 2.45) is 4.99 Å². The van der Waals surface area contributed by atoms with Gasteiger partial charge in [0.05, 0.1) is 18.8 Å². The lowest BCUT2D eigenvalue weighted by molar-refractivity contribution is 0.150. The van der Waals surface area contributed by atoms with Crippen LogP contribution in [0.15, 0.2) is 77.8 Å². The predicted molar refractivity (Wildman–Crippen MR) is 175 cm³/mol. The number of thiocarbonyl (C=S) groups is 1. The SMILES string of the molecule is COc1ccc(Cl)cc1NC(=S)/N=C(/Nc1nc(C)cc(C)n1)N1CCN(C(c2ccc(F)cc2)c2ccc(F)cc2)CC1. The largest absolute Gasteiger partial charge is 0.495 e. The summed E-state index contributed by atoms with van der Waals surface area (Å²) in [6.07, 6.45) is 0. The lowest BCUT2D eigenvalue weighted by Gasteiger charge is -2.40. The fraction of sp³-hybridized carbons (Fsp3) is 0.250. The molecule has 0 amide bonds. The van der Waals surface area contributed by atoms with Crippen LogP contribution in [0.25, 0.3) is 0 Å². The topological polar surface area (TPSA) is 77.9 Å². The molecule has 1 aliphatic rings. The van der Waals surface area contributed by atoms with Crippen molar-refractivity contribution in [3.8, 4) is 5.75 Å². The summed E-state index contributed by atoms with van der Waals surface area (Å²) in [7, 11) is 1.57. The van der Waals surface area contributed by atoms with E-state index < -0.39 is 0 Å². The van der Waals surface area contributed by atoms with Crippen LogP contribution in [-0.2, 0) is 0 Å². The number of aliphatic imine (C=N–C) groups is 1. The molecule has 0 unspecified atom stereocenters. The Hall–Kier alpha value is -4.19. The van der Waals surface area contributed by atoms with E-state index in [-0.39, 0.29) is 22.8 Å². The van der Waals surface area contributed by atoms with Gasteiger partial charge in [0.1, 0.15) is 17.4 Å². The molecule has 5 rings (SSSR count). The van der Waals surface area contributed by atoms with E-state index in [1.54, 1.807) is 49.6 Å². The summed E-state index contributed by atoms with van der Waals surface area (Å²) in [5.74, 6) is 0.838. The standard InChI is InChI=1S/C32H32ClF2N7OS/c1-20-18-21(2)37-30(36-20)39-31(40-32(44)38-27-19-24(33)8-13-28(27)43-3)42-16-14-41(15-17-42)29(22-4-9-25(34)10-5-22)23-6-11-26(35)12-7-23/h4-13,18-19,29H,14-17H2,1-3H3,(H2,36,37,38,39,40,44). The summed E-state index contributed by atoms with van der Waals surface area (Å²) in [4.78, 5) is 18.2. The highest BCUT2D eigenvalue weighted by Gasteiger charge is 2.28. The van der Waals surface area contributed by atoms with Crippen LogP contribution in [0.4, 0.5) is 20.4 Å². The summed E-state index contributed by atoms with van der Waals surface area (Å²) < 4.78 is 33.0. The van der Waals surface area contributed by atoms with Gasteiger partial charge in [0.2, 0.25) is 17.0 Å². The van der Waals surface area contributed by atoms with Crippen LogP contribution in [0.3, 0.4) is 0 Å². The van der Waals surface area contributed by atoms with Crippen LogP contribution in [-0.4, -0.2) is 64.1 Å². The molecular weight excluding hydrogens is 604 g/mol. The van der Waals surface area contributed by atoms with Crippen molar-refractivity contribution in [2.75, 3.05) is 43.9 Å². The van der Waals surface area contributed by atoms with Gasteiger partial charge in [-0.15, -0.1) is 0 Å². The Morgan fingerprint density at radius 1 is 0.864 bits per heavy atom. The summed E-state index contributed by atoms with van der Waals surface area (Å²) >= 11 is 11.8. The van der Waals surface area contributed by atoms with Crippen molar-refractivity contribution in [3.63, 3.8) is 0 Å². The average molecular weight is 636 g/mol. The normalized spacial score (nSPS) is 14.1. The Morgan fingerprint density at radius 3 is 1.98 bits per heavy atom. The molecule has 2 N–H and O–H groups in total. The van der Waals surface area contributed by atoms with E-state index in [1.807, 2.05) is 19.9 Å². The maximum Gasteiger partial charge on any atom is 0.229 e. The van der Waals surface area contributed by atoms with Gasteiger partial charge in [-0.05, 0) is 85.7 Å². The molecule has 8 nitrogen and oxygen atoms in total. The number of piperazine rings is 1. The summed E-state index contributed by atoms with van der Waals surface area (Å²) in [5.41, 5.74) is 4.05. The van der Waals surface area contributed by atoms with Crippen LogP contribution in [0.2, 0.25) is 5.02 Å². The van der Waals surface area contributed by atoms with Crippen molar-refractivity contribution >= 4 is 46.5 Å². The monoisotopic (exact) mass is 635 g/mol. The number of hydrogen-bond acceptors (Lipinski definition) is 5. The Bertz CT molecular complexity index is 1580. The molecule has 1 fully saturated rings. The predicted octanol–water partition coefficient (Wildman–Crippen LogP) is 6.61. The van der Waals surface area contributed by atoms with Gasteiger partial charge in [-0.2, -0.15) is 4.99 Å². The zero-order valence-corrected chi connectivity index (χ0v) is 26.1. The van der Waals surface area contributed by atoms with Gasteiger partial charge in [0, 0.05) is 42.6 Å². The first-order chi connectivity index (χ1) is 21.2. The fourth-order valence-electron chi connectivity index (χ4n) is 5.17. The van der Waals surface area contributed by atoms with E-state index in [9.17, 15) is 8.78 Å². The Morgan fingerprint density at radius 2 is 1.43 bits per heavy atom. The molecule has 4 aromatic rings. The van der Waals surface area contributed by atoms with Crippen molar-refractivity contribution in [1.29, 1.82) is 0 Å². The van der Waals surface area contributed by atoms with Gasteiger partial charge < -0.3 is 15.0 Å². The van der Waals surface area contributed by atoms with Crippen molar-refractivity contribution in [3.05, 3.63) is 112 Å². The van der Waals surface area contributed by atoms with E-state index in [1.165, 1.54) is 24.3 Å². The second-order valence-electron chi connectivity index (χ2n) is 10.3. The molecule has 0 aliphatic carbocycles. The smallest absolute Gasteiger partial charge is 0.229 e. The Labute approximate surface area is 265 Å². The number of guanidine groups is 1. The van der Waals surface area contributed by atoms with Gasteiger partial charge in [0.25, 0.3) is 0 Å². The number of anilines is 2. The second-order valence-corrected chi connectivity index (χ2v) is 11.2. The van der Waals surface area contributed by atoms with E-state index in [0.717, 1.165) is 22.5 Å². The van der Waals surface area contributed by atoms with Gasteiger partial charge in [0.15, 0.2) is 0 Å². The van der Waals surface area contributed by atoms with Crippen molar-refractivity contribution < 1.29 is 13.5 Å². The number of rotatable bonds is 6. The number of nitrogens with one attached hydrogen (secondary N) is 2. The first kappa shape index (κ1) is 31.2. The highest BCUT2D eigenvalue weighted by Crippen LogP contribution is 2.31. The third-order valence-corrected chi connectivity index (χ3v) is 7.60. The highest BCUT2D eigenvalue weighted by atomic mass is 35.5. The number of hydrogen-bond donors (Lipinski definition) is 2. The van der Waals surface area contributed by atoms with Crippen LogP contribution in [0, 0.1) is 25.5 Å². The molecule has 0 spiro atoms. The fourth-order valence-corrected chi connectivity index (χ4v) is 5.54. The van der Waals surface area contributed by atoms with Crippen LogP contribution in [0.1, 0.15) is 28.6 Å². The molecule has 0 saturated carbocycles. The number of nitrogens with zero attached hydrogens (tertiary/aromatic N) is 5. The lowest BCUT2D eigenvalue weighted by atomic mass is 9.96. The van der Waals surface area contributed by atoms with Gasteiger partial charge >= 0.3 is 0 Å². The Kier molecular flexibility index (Phi) is 9.99. The molecular formula is C32H32ClF2N7OS. The molecule has 3 aromatic carbocycles. The Balaban J connectivity index is 1.40. The number of aromatic nitrogens is 2. The molecule has 0 atom stereocenters. The second kappa shape index (κ2) is 14.1. The molecule has 0 radical (unpaired) electrons. The summed E-state index contributed by atoms with van der Waals surface area (Å²) in [6.45, 7) is 6.24. The van der Waals surface area contributed by atoms with E-state index in [0.29, 0.717) is 54.5 Å². The number of halogens is 3. The quantitative estimate of drug-likeness (QED) is 0.139. The molecule has 0 bridgehead atoms. The minimum Gasteiger partial charge on any atom is -0.495 e. The molecule has 1 aromatic heterocycles. The van der Waals surface area contributed by atoms with Crippen LogP contribution in [0.5, 0.6) is 5.75 Å². The number of ether oxygens (including phenoxy) is 1. The maximum atomic E-state index is 13.8. The zero-order chi connectivity index (χ0) is 31.2. The summed E-state index contributed by atoms with van der Waals surface area (Å²) in [5, 5.41) is 7.10. The first-order valence-electron chi connectivity index (χ1n) is 14.0. The zero-order valence-electron chi connectivity index (χ0n) is 24.5. The lowest BCUT2D eigenvalue weighted by Crippen LogP contribution is -2.52. The number of aryl methyl sites for hydroxylation is 2. The maximum absolute atomic E-state index is 13.8. The van der Waals surface area contributed by atoms with Gasteiger partial charge in [-0.3, -0.25) is 10.2 Å². The van der Waals surface area contributed by atoms with E-state index >= 15 is 0 Å². The molecule has 2 heterocycles. The molecule has 1 aliphatic heterocycles. The van der Waals surface area contributed by atoms with Crippen molar-refractivity contribution in [2.45, 2.75) is 19.9 Å². The molecule has 1 saturated heterocycles. The molecule has 228 valence electrons. The van der Waals surface area contributed by atoms with Crippen molar-refractivity contribution in [1.82, 2.24) is 19.8 Å². The summed E-state index contributed by atoms with van der Waals surface area (Å²) in [6, 6.07) is 19.8. The number of benzene rings is 3. The van der Waals surface area contributed by atoms with Crippen LogP contribution < -0.4 is 15.4 Å². The van der Waals surface area contributed by atoms with E-state index in [4.69, 9.17) is 33.5 Å².